The molecule has 0 aliphatic carbocycles. The molecule has 1 N–H and O–H groups in total. The summed E-state index contributed by atoms with van der Waals surface area (Å²) in [6, 6.07) is 0.958. The van der Waals surface area contributed by atoms with Crippen molar-refractivity contribution in [2.75, 3.05) is 12.4 Å². The van der Waals surface area contributed by atoms with E-state index in [1.165, 1.54) is 14.1 Å². The standard InChI is InChI=1S/C6H8F3N3.ClH/c1-10-5-3-4(6(7,8)9)12(2)11-5;/h3H,1-2H3,(H,10,11);1H. The lowest BCUT2D eigenvalue weighted by Crippen LogP contribution is -2.11. The highest BCUT2D eigenvalue weighted by Gasteiger charge is 2.34. The predicted molar refractivity (Wildman–Crippen MR) is 45.0 cm³/mol. The molecule has 0 aliphatic heterocycles. The van der Waals surface area contributed by atoms with Crippen LogP contribution in [0.3, 0.4) is 0 Å². The van der Waals surface area contributed by atoms with Crippen molar-refractivity contribution in [1.82, 2.24) is 9.78 Å². The van der Waals surface area contributed by atoms with Gasteiger partial charge in [-0.1, -0.05) is 0 Å². The summed E-state index contributed by atoms with van der Waals surface area (Å²) in [5, 5.41) is 6.11. The fourth-order valence-corrected chi connectivity index (χ4v) is 0.855. The van der Waals surface area contributed by atoms with E-state index in [9.17, 15) is 13.2 Å². The van der Waals surface area contributed by atoms with Gasteiger partial charge < -0.3 is 5.32 Å². The topological polar surface area (TPSA) is 29.9 Å². The van der Waals surface area contributed by atoms with E-state index in [0.29, 0.717) is 0 Å². The van der Waals surface area contributed by atoms with Crippen molar-refractivity contribution >= 4 is 18.2 Å². The lowest BCUT2D eigenvalue weighted by molar-refractivity contribution is -0.143. The molecule has 0 aliphatic rings. The molecule has 0 amide bonds. The van der Waals surface area contributed by atoms with Crippen molar-refractivity contribution in [2.24, 2.45) is 7.05 Å². The molecule has 1 aromatic heterocycles. The number of anilines is 1. The number of nitrogens with zero attached hydrogens (tertiary/aromatic N) is 2. The number of aromatic nitrogens is 2. The Balaban J connectivity index is 0.00000144. The van der Waals surface area contributed by atoms with Gasteiger partial charge in [-0.15, -0.1) is 12.4 Å². The molecule has 0 fully saturated rings. The minimum atomic E-state index is -4.34. The van der Waals surface area contributed by atoms with E-state index >= 15 is 0 Å². The van der Waals surface area contributed by atoms with Crippen LogP contribution in [0.15, 0.2) is 6.07 Å². The molecule has 0 aromatic carbocycles. The number of hydrogen-bond acceptors (Lipinski definition) is 2. The maximum atomic E-state index is 12.1. The van der Waals surface area contributed by atoms with Crippen LogP contribution < -0.4 is 5.32 Å². The molecular formula is C6H9ClF3N3. The molecule has 0 spiro atoms. The maximum Gasteiger partial charge on any atom is 0.433 e. The van der Waals surface area contributed by atoms with Crippen LogP contribution in [0.4, 0.5) is 19.0 Å². The van der Waals surface area contributed by atoms with Gasteiger partial charge in [0.25, 0.3) is 0 Å². The summed E-state index contributed by atoms with van der Waals surface area (Å²) in [5.74, 6) is 0.213. The van der Waals surface area contributed by atoms with Gasteiger partial charge in [-0.25, -0.2) is 0 Å². The van der Waals surface area contributed by atoms with Crippen LogP contribution in [0.1, 0.15) is 5.69 Å². The molecule has 0 bridgehead atoms. The van der Waals surface area contributed by atoms with Gasteiger partial charge in [-0.3, -0.25) is 4.68 Å². The highest BCUT2D eigenvalue weighted by atomic mass is 35.5. The fourth-order valence-electron chi connectivity index (χ4n) is 0.855. The first-order valence-corrected chi connectivity index (χ1v) is 3.24. The van der Waals surface area contributed by atoms with Crippen LogP contribution in [0, 0.1) is 0 Å². The summed E-state index contributed by atoms with van der Waals surface area (Å²) >= 11 is 0. The summed E-state index contributed by atoms with van der Waals surface area (Å²) in [5.41, 5.74) is -0.758. The second-order valence-corrected chi connectivity index (χ2v) is 2.29. The van der Waals surface area contributed by atoms with E-state index < -0.39 is 11.9 Å². The van der Waals surface area contributed by atoms with Gasteiger partial charge in [0.05, 0.1) is 0 Å². The second-order valence-electron chi connectivity index (χ2n) is 2.29. The number of hydrogen-bond donors (Lipinski definition) is 1. The number of nitrogens with one attached hydrogen (secondary N) is 1. The number of alkyl halides is 3. The second kappa shape index (κ2) is 3.87. The summed E-state index contributed by atoms with van der Waals surface area (Å²) in [6.45, 7) is 0. The number of rotatable bonds is 1. The van der Waals surface area contributed by atoms with Crippen molar-refractivity contribution < 1.29 is 13.2 Å². The Hall–Kier alpha value is -0.910. The third kappa shape index (κ3) is 2.51. The first-order valence-electron chi connectivity index (χ1n) is 3.24. The summed E-state index contributed by atoms with van der Waals surface area (Å²) in [6.07, 6.45) is -4.34. The zero-order chi connectivity index (χ0) is 9.35. The van der Waals surface area contributed by atoms with Gasteiger partial charge in [-0.2, -0.15) is 18.3 Å². The van der Waals surface area contributed by atoms with Crippen molar-refractivity contribution in [3.8, 4) is 0 Å². The molecule has 3 nitrogen and oxygen atoms in total. The molecule has 1 aromatic rings. The molecule has 7 heteroatoms. The Morgan fingerprint density at radius 2 is 2.00 bits per heavy atom. The van der Waals surface area contributed by atoms with E-state index in [0.717, 1.165) is 10.7 Å². The largest absolute Gasteiger partial charge is 0.433 e. The normalized spacial score (nSPS) is 10.8. The highest BCUT2D eigenvalue weighted by Crippen LogP contribution is 2.29. The Morgan fingerprint density at radius 1 is 1.46 bits per heavy atom. The van der Waals surface area contributed by atoms with Crippen LogP contribution in [0.25, 0.3) is 0 Å². The SMILES string of the molecule is CNc1cc(C(F)(F)F)n(C)n1.Cl. The quantitative estimate of drug-likeness (QED) is 0.776. The molecular weight excluding hydrogens is 207 g/mol. The molecule has 1 rings (SSSR count). The Bertz CT molecular complexity index is 281. The Labute approximate surface area is 79.3 Å². The Morgan fingerprint density at radius 3 is 2.23 bits per heavy atom. The van der Waals surface area contributed by atoms with E-state index in [4.69, 9.17) is 0 Å². The summed E-state index contributed by atoms with van der Waals surface area (Å²) in [7, 11) is 2.77. The Kier molecular flexibility index (Phi) is 3.60. The average Bonchev–Trinajstić information content (AvgIpc) is 2.29. The zero-order valence-electron chi connectivity index (χ0n) is 7.01. The fraction of sp³-hybridized carbons (Fsp3) is 0.500. The van der Waals surface area contributed by atoms with E-state index in [1.54, 1.807) is 0 Å². The molecule has 76 valence electrons. The summed E-state index contributed by atoms with van der Waals surface area (Å²) < 4.78 is 37.1. The van der Waals surface area contributed by atoms with E-state index in [1.807, 2.05) is 0 Å². The van der Waals surface area contributed by atoms with Gasteiger partial charge in [0.1, 0.15) is 11.5 Å². The smallest absolute Gasteiger partial charge is 0.372 e. The van der Waals surface area contributed by atoms with Gasteiger partial charge in [0.2, 0.25) is 0 Å². The molecule has 0 unspecified atom stereocenters. The van der Waals surface area contributed by atoms with E-state index in [-0.39, 0.29) is 18.2 Å². The lowest BCUT2D eigenvalue weighted by Gasteiger charge is -2.04. The van der Waals surface area contributed by atoms with Gasteiger partial charge in [0, 0.05) is 20.2 Å². The van der Waals surface area contributed by atoms with Crippen LogP contribution in [0.5, 0.6) is 0 Å². The lowest BCUT2D eigenvalue weighted by atomic mass is 10.4. The summed E-state index contributed by atoms with van der Waals surface area (Å²) in [4.78, 5) is 0. The van der Waals surface area contributed by atoms with Crippen LogP contribution >= 0.6 is 12.4 Å². The predicted octanol–water partition coefficient (Wildman–Crippen LogP) is 1.90. The van der Waals surface area contributed by atoms with Crippen molar-refractivity contribution in [3.05, 3.63) is 11.8 Å². The van der Waals surface area contributed by atoms with Gasteiger partial charge in [0.15, 0.2) is 0 Å². The molecule has 13 heavy (non-hydrogen) atoms. The van der Waals surface area contributed by atoms with Crippen LogP contribution in [-0.4, -0.2) is 16.8 Å². The maximum absolute atomic E-state index is 12.1. The first-order chi connectivity index (χ1) is 5.45. The third-order valence-corrected chi connectivity index (χ3v) is 1.43. The number of halogens is 4. The highest BCUT2D eigenvalue weighted by molar-refractivity contribution is 5.85. The van der Waals surface area contributed by atoms with Crippen molar-refractivity contribution in [1.29, 1.82) is 0 Å². The minimum Gasteiger partial charge on any atom is -0.372 e. The molecule has 0 radical (unpaired) electrons. The van der Waals surface area contributed by atoms with Gasteiger partial charge in [-0.05, 0) is 0 Å². The molecule has 0 atom stereocenters. The zero-order valence-corrected chi connectivity index (χ0v) is 7.83. The molecule has 1 heterocycles. The third-order valence-electron chi connectivity index (χ3n) is 1.43. The van der Waals surface area contributed by atoms with Crippen LogP contribution in [-0.2, 0) is 13.2 Å². The van der Waals surface area contributed by atoms with Crippen molar-refractivity contribution in [2.45, 2.75) is 6.18 Å². The number of aryl methyl sites for hydroxylation is 1. The average molecular weight is 216 g/mol. The molecule has 0 saturated heterocycles. The van der Waals surface area contributed by atoms with Crippen molar-refractivity contribution in [3.63, 3.8) is 0 Å². The molecule has 0 saturated carbocycles. The van der Waals surface area contributed by atoms with Gasteiger partial charge >= 0.3 is 6.18 Å². The monoisotopic (exact) mass is 215 g/mol. The van der Waals surface area contributed by atoms with Crippen LogP contribution in [0.2, 0.25) is 0 Å². The van der Waals surface area contributed by atoms with E-state index in [2.05, 4.69) is 10.4 Å². The minimum absolute atomic E-state index is 0. The first kappa shape index (κ1) is 12.1.